The van der Waals surface area contributed by atoms with Crippen molar-refractivity contribution >= 4 is 15.9 Å². The van der Waals surface area contributed by atoms with Gasteiger partial charge in [0, 0.05) is 17.3 Å². The zero-order valence-electron chi connectivity index (χ0n) is 8.10. The van der Waals surface area contributed by atoms with Crippen LogP contribution in [0.15, 0.2) is 41.1 Å². The molecule has 0 spiro atoms. The van der Waals surface area contributed by atoms with E-state index in [1.54, 1.807) is 10.9 Å². The van der Waals surface area contributed by atoms with Gasteiger partial charge in [-0.3, -0.25) is 0 Å². The molecule has 0 fully saturated rings. The number of aliphatic hydroxyl groups excluding tert-OH is 1. The third kappa shape index (κ3) is 2.27. The lowest BCUT2D eigenvalue weighted by atomic mass is 10.3. The fourth-order valence-corrected chi connectivity index (χ4v) is 1.85. The lowest BCUT2D eigenvalue weighted by Gasteiger charge is -2.02. The maximum absolute atomic E-state index is 8.81. The molecule has 0 atom stereocenters. The molecule has 1 aromatic heterocycles. The maximum Gasteiger partial charge on any atom is 0.0787 e. The van der Waals surface area contributed by atoms with Crippen LogP contribution in [0.25, 0.3) is 5.69 Å². The first-order valence-corrected chi connectivity index (χ1v) is 5.50. The summed E-state index contributed by atoms with van der Waals surface area (Å²) in [5, 5.41) is 13.0. The molecule has 0 unspecified atom stereocenters. The standard InChI is InChI=1S/C11H11BrN2O/c12-10-3-1-2-4-11(10)14-8-9(5-6-15)7-13-14/h1-4,7-8,15H,5-6H2. The van der Waals surface area contributed by atoms with E-state index in [-0.39, 0.29) is 6.61 Å². The average Bonchev–Trinajstić information content (AvgIpc) is 2.68. The monoisotopic (exact) mass is 266 g/mol. The van der Waals surface area contributed by atoms with Crippen molar-refractivity contribution in [1.82, 2.24) is 9.78 Å². The van der Waals surface area contributed by atoms with E-state index < -0.39 is 0 Å². The maximum atomic E-state index is 8.81. The second kappa shape index (κ2) is 4.59. The van der Waals surface area contributed by atoms with Gasteiger partial charge in [-0.15, -0.1) is 0 Å². The van der Waals surface area contributed by atoms with Gasteiger partial charge in [0.15, 0.2) is 0 Å². The number of benzene rings is 1. The Balaban J connectivity index is 2.33. The van der Waals surface area contributed by atoms with Crippen LogP contribution >= 0.6 is 15.9 Å². The summed E-state index contributed by atoms with van der Waals surface area (Å²) in [4.78, 5) is 0. The SMILES string of the molecule is OCCc1cnn(-c2ccccc2Br)c1. The first-order chi connectivity index (χ1) is 7.31. The van der Waals surface area contributed by atoms with Crippen LogP contribution in [0.2, 0.25) is 0 Å². The smallest absolute Gasteiger partial charge is 0.0787 e. The number of rotatable bonds is 3. The molecule has 2 rings (SSSR count). The van der Waals surface area contributed by atoms with Crippen molar-refractivity contribution < 1.29 is 5.11 Å². The first kappa shape index (κ1) is 10.4. The number of nitrogens with zero attached hydrogens (tertiary/aromatic N) is 2. The van der Waals surface area contributed by atoms with E-state index in [0.29, 0.717) is 6.42 Å². The molecule has 1 aromatic carbocycles. The third-order valence-electron chi connectivity index (χ3n) is 2.14. The molecular weight excluding hydrogens is 256 g/mol. The van der Waals surface area contributed by atoms with E-state index >= 15 is 0 Å². The average molecular weight is 267 g/mol. The minimum Gasteiger partial charge on any atom is -0.396 e. The summed E-state index contributed by atoms with van der Waals surface area (Å²) < 4.78 is 2.80. The molecule has 1 N–H and O–H groups in total. The second-order valence-corrected chi connectivity index (χ2v) is 4.07. The van der Waals surface area contributed by atoms with E-state index in [9.17, 15) is 0 Å². The van der Waals surface area contributed by atoms with Crippen LogP contribution in [0.3, 0.4) is 0 Å². The van der Waals surface area contributed by atoms with Gasteiger partial charge in [-0.2, -0.15) is 5.10 Å². The second-order valence-electron chi connectivity index (χ2n) is 3.22. The van der Waals surface area contributed by atoms with Crippen molar-refractivity contribution in [3.63, 3.8) is 0 Å². The van der Waals surface area contributed by atoms with Gasteiger partial charge >= 0.3 is 0 Å². The molecule has 0 bridgehead atoms. The van der Waals surface area contributed by atoms with Crippen LogP contribution in [0, 0.1) is 0 Å². The van der Waals surface area contributed by atoms with Gasteiger partial charge in [0.2, 0.25) is 0 Å². The van der Waals surface area contributed by atoms with Crippen LogP contribution in [-0.2, 0) is 6.42 Å². The number of aliphatic hydroxyl groups is 1. The van der Waals surface area contributed by atoms with Gasteiger partial charge in [-0.1, -0.05) is 12.1 Å². The predicted octanol–water partition coefficient (Wildman–Crippen LogP) is 2.17. The zero-order chi connectivity index (χ0) is 10.7. The highest BCUT2D eigenvalue weighted by molar-refractivity contribution is 9.10. The Morgan fingerprint density at radius 1 is 1.33 bits per heavy atom. The Morgan fingerprint density at radius 3 is 2.87 bits per heavy atom. The van der Waals surface area contributed by atoms with Crippen LogP contribution < -0.4 is 0 Å². The fraction of sp³-hybridized carbons (Fsp3) is 0.182. The number of halogens is 1. The van der Waals surface area contributed by atoms with E-state index in [4.69, 9.17) is 5.11 Å². The van der Waals surface area contributed by atoms with Gasteiger partial charge in [0.05, 0.1) is 11.9 Å². The van der Waals surface area contributed by atoms with Gasteiger partial charge in [0.1, 0.15) is 0 Å². The zero-order valence-corrected chi connectivity index (χ0v) is 9.68. The lowest BCUT2D eigenvalue weighted by molar-refractivity contribution is 0.299. The fourth-order valence-electron chi connectivity index (χ4n) is 1.39. The molecule has 15 heavy (non-hydrogen) atoms. The number of hydrogen-bond acceptors (Lipinski definition) is 2. The highest BCUT2D eigenvalue weighted by Crippen LogP contribution is 2.19. The van der Waals surface area contributed by atoms with E-state index in [1.165, 1.54) is 0 Å². The highest BCUT2D eigenvalue weighted by atomic mass is 79.9. The summed E-state index contributed by atoms with van der Waals surface area (Å²) in [5.41, 5.74) is 2.04. The number of aromatic nitrogens is 2. The van der Waals surface area contributed by atoms with E-state index in [0.717, 1.165) is 15.7 Å². The van der Waals surface area contributed by atoms with Gasteiger partial charge in [-0.25, -0.2) is 4.68 Å². The van der Waals surface area contributed by atoms with Crippen molar-refractivity contribution in [3.8, 4) is 5.69 Å². The van der Waals surface area contributed by atoms with Gasteiger partial charge in [-0.05, 0) is 40.0 Å². The molecule has 0 aliphatic carbocycles. The van der Waals surface area contributed by atoms with Crippen LogP contribution in [0.5, 0.6) is 0 Å². The van der Waals surface area contributed by atoms with Crippen molar-refractivity contribution in [2.75, 3.05) is 6.61 Å². The molecular formula is C11H11BrN2O. The van der Waals surface area contributed by atoms with Gasteiger partial charge < -0.3 is 5.11 Å². The molecule has 0 aliphatic heterocycles. The quantitative estimate of drug-likeness (QED) is 0.925. The normalized spacial score (nSPS) is 10.5. The Bertz CT molecular complexity index is 453. The summed E-state index contributed by atoms with van der Waals surface area (Å²) in [6.07, 6.45) is 4.34. The van der Waals surface area contributed by atoms with Gasteiger partial charge in [0.25, 0.3) is 0 Å². The summed E-state index contributed by atoms with van der Waals surface area (Å²) >= 11 is 3.47. The first-order valence-electron chi connectivity index (χ1n) is 4.70. The predicted molar refractivity (Wildman–Crippen MR) is 62.1 cm³/mol. The molecule has 0 aliphatic rings. The largest absolute Gasteiger partial charge is 0.396 e. The summed E-state index contributed by atoms with van der Waals surface area (Å²) in [6, 6.07) is 7.89. The van der Waals surface area contributed by atoms with Crippen LogP contribution in [0.1, 0.15) is 5.56 Å². The van der Waals surface area contributed by atoms with E-state index in [2.05, 4.69) is 21.0 Å². The minimum absolute atomic E-state index is 0.154. The molecule has 2 aromatic rings. The molecule has 0 radical (unpaired) electrons. The Hall–Kier alpha value is -1.13. The number of para-hydroxylation sites is 1. The molecule has 3 nitrogen and oxygen atoms in total. The molecule has 1 heterocycles. The molecule has 78 valence electrons. The van der Waals surface area contributed by atoms with E-state index in [1.807, 2.05) is 30.5 Å². The summed E-state index contributed by atoms with van der Waals surface area (Å²) in [5.74, 6) is 0. The van der Waals surface area contributed by atoms with Crippen LogP contribution in [-0.4, -0.2) is 21.5 Å². The van der Waals surface area contributed by atoms with Crippen LogP contribution in [0.4, 0.5) is 0 Å². The molecule has 0 saturated carbocycles. The van der Waals surface area contributed by atoms with Crippen molar-refractivity contribution in [1.29, 1.82) is 0 Å². The minimum atomic E-state index is 0.154. The Kier molecular flexibility index (Phi) is 3.18. The molecule has 0 saturated heterocycles. The van der Waals surface area contributed by atoms with Crippen molar-refractivity contribution in [3.05, 3.63) is 46.7 Å². The Labute approximate surface area is 96.5 Å². The summed E-state index contributed by atoms with van der Waals surface area (Å²) in [7, 11) is 0. The third-order valence-corrected chi connectivity index (χ3v) is 2.81. The summed E-state index contributed by atoms with van der Waals surface area (Å²) in [6.45, 7) is 0.154. The van der Waals surface area contributed by atoms with Crippen molar-refractivity contribution in [2.45, 2.75) is 6.42 Å². The highest BCUT2D eigenvalue weighted by Gasteiger charge is 2.03. The number of hydrogen-bond donors (Lipinski definition) is 1. The Morgan fingerprint density at radius 2 is 2.13 bits per heavy atom. The molecule has 0 amide bonds. The molecule has 4 heteroatoms. The van der Waals surface area contributed by atoms with Crippen molar-refractivity contribution in [2.24, 2.45) is 0 Å². The lowest BCUT2D eigenvalue weighted by Crippen LogP contribution is -1.95. The topological polar surface area (TPSA) is 38.1 Å².